The van der Waals surface area contributed by atoms with E-state index >= 15 is 0 Å². The van der Waals surface area contributed by atoms with Crippen molar-refractivity contribution < 1.29 is 5.11 Å². The van der Waals surface area contributed by atoms with Crippen molar-refractivity contribution in [2.45, 2.75) is 19.4 Å². The van der Waals surface area contributed by atoms with Crippen molar-refractivity contribution in [3.05, 3.63) is 28.8 Å². The molecule has 0 radical (unpaired) electrons. The van der Waals surface area contributed by atoms with Gasteiger partial charge in [0.05, 0.1) is 18.6 Å². The summed E-state index contributed by atoms with van der Waals surface area (Å²) in [7, 11) is 0. The van der Waals surface area contributed by atoms with E-state index in [1.807, 2.05) is 31.2 Å². The Morgan fingerprint density at radius 3 is 3.00 bits per heavy atom. The second-order valence-corrected chi connectivity index (χ2v) is 3.72. The molecule has 0 saturated heterocycles. The van der Waals surface area contributed by atoms with Gasteiger partial charge in [0.2, 0.25) is 0 Å². The minimum atomic E-state index is -0.645. The van der Waals surface area contributed by atoms with Crippen molar-refractivity contribution in [3.8, 4) is 6.07 Å². The number of halogens is 1. The predicted molar refractivity (Wildman–Crippen MR) is 60.9 cm³/mol. The zero-order valence-electron chi connectivity index (χ0n) is 8.50. The molecule has 0 amide bonds. The van der Waals surface area contributed by atoms with E-state index in [4.69, 9.17) is 16.9 Å². The molecule has 2 N–H and O–H groups in total. The lowest BCUT2D eigenvalue weighted by Crippen LogP contribution is -2.19. The molecule has 1 aromatic carbocycles. The van der Waals surface area contributed by atoms with Crippen LogP contribution < -0.4 is 5.32 Å². The lowest BCUT2D eigenvalue weighted by molar-refractivity contribution is 0.193. The Kier molecular flexibility index (Phi) is 4.41. The van der Waals surface area contributed by atoms with Gasteiger partial charge in [-0.05, 0) is 24.6 Å². The summed E-state index contributed by atoms with van der Waals surface area (Å²) in [6.45, 7) is 2.26. The first kappa shape index (κ1) is 11.8. The summed E-state index contributed by atoms with van der Waals surface area (Å²) in [6, 6.07) is 7.46. The molecule has 1 rings (SSSR count). The Balaban J connectivity index is 2.58. The van der Waals surface area contributed by atoms with E-state index in [-0.39, 0.29) is 6.42 Å². The lowest BCUT2D eigenvalue weighted by Gasteiger charge is -2.12. The molecule has 0 aliphatic heterocycles. The molecule has 15 heavy (non-hydrogen) atoms. The van der Waals surface area contributed by atoms with Crippen LogP contribution in [0.2, 0.25) is 5.02 Å². The summed E-state index contributed by atoms with van der Waals surface area (Å²) in [4.78, 5) is 0. The third-order valence-electron chi connectivity index (χ3n) is 2.12. The van der Waals surface area contributed by atoms with E-state index in [2.05, 4.69) is 5.32 Å². The van der Waals surface area contributed by atoms with Gasteiger partial charge < -0.3 is 10.4 Å². The van der Waals surface area contributed by atoms with Crippen LogP contribution in [0.3, 0.4) is 0 Å². The molecule has 0 saturated carbocycles. The molecule has 0 aliphatic carbocycles. The van der Waals surface area contributed by atoms with Crippen molar-refractivity contribution in [3.63, 3.8) is 0 Å². The van der Waals surface area contributed by atoms with E-state index in [0.29, 0.717) is 11.6 Å². The first-order chi connectivity index (χ1) is 7.15. The molecule has 4 heteroatoms. The number of hydrogen-bond donors (Lipinski definition) is 2. The van der Waals surface area contributed by atoms with Crippen molar-refractivity contribution in [2.24, 2.45) is 0 Å². The third-order valence-corrected chi connectivity index (χ3v) is 2.53. The van der Waals surface area contributed by atoms with Crippen LogP contribution in [-0.2, 0) is 0 Å². The van der Waals surface area contributed by atoms with E-state index in [1.165, 1.54) is 0 Å². The monoisotopic (exact) mass is 224 g/mol. The minimum absolute atomic E-state index is 0.132. The first-order valence-corrected chi connectivity index (χ1v) is 5.07. The smallest absolute Gasteiger partial charge is 0.0842 e. The molecule has 1 aromatic rings. The number of hydrogen-bond acceptors (Lipinski definition) is 3. The van der Waals surface area contributed by atoms with Crippen molar-refractivity contribution in [1.29, 1.82) is 5.26 Å². The average Bonchev–Trinajstić information content (AvgIpc) is 2.21. The average molecular weight is 225 g/mol. The Labute approximate surface area is 94.3 Å². The summed E-state index contributed by atoms with van der Waals surface area (Å²) >= 11 is 5.94. The minimum Gasteiger partial charge on any atom is -0.390 e. The van der Waals surface area contributed by atoms with Gasteiger partial charge in [-0.1, -0.05) is 17.7 Å². The van der Waals surface area contributed by atoms with Crippen LogP contribution >= 0.6 is 11.6 Å². The summed E-state index contributed by atoms with van der Waals surface area (Å²) < 4.78 is 0. The molecule has 80 valence electrons. The van der Waals surface area contributed by atoms with Gasteiger partial charge >= 0.3 is 0 Å². The number of nitrogens with zero attached hydrogens (tertiary/aromatic N) is 1. The number of anilines is 1. The fourth-order valence-corrected chi connectivity index (χ4v) is 1.38. The van der Waals surface area contributed by atoms with E-state index in [0.717, 1.165) is 11.3 Å². The van der Waals surface area contributed by atoms with Gasteiger partial charge in [0.1, 0.15) is 0 Å². The highest BCUT2D eigenvalue weighted by Gasteiger charge is 2.05. The van der Waals surface area contributed by atoms with Gasteiger partial charge in [-0.15, -0.1) is 0 Å². The molecule has 0 bridgehead atoms. The zero-order valence-corrected chi connectivity index (χ0v) is 9.25. The second-order valence-electron chi connectivity index (χ2n) is 3.31. The van der Waals surface area contributed by atoms with Gasteiger partial charge in [-0.25, -0.2) is 0 Å². The summed E-state index contributed by atoms with van der Waals surface area (Å²) in [5, 5.41) is 21.5. The molecule has 0 heterocycles. The predicted octanol–water partition coefficient (Wildman–Crippen LogP) is 2.33. The number of aliphatic hydroxyl groups is 1. The van der Waals surface area contributed by atoms with Crippen LogP contribution in [0.5, 0.6) is 0 Å². The van der Waals surface area contributed by atoms with E-state index in [1.54, 1.807) is 0 Å². The molecular formula is C11H13ClN2O. The van der Waals surface area contributed by atoms with Crippen LogP contribution in [-0.4, -0.2) is 17.8 Å². The molecule has 0 spiro atoms. The van der Waals surface area contributed by atoms with Gasteiger partial charge in [0.15, 0.2) is 0 Å². The van der Waals surface area contributed by atoms with Gasteiger partial charge in [0, 0.05) is 17.3 Å². The Hall–Kier alpha value is -1.24. The Morgan fingerprint density at radius 2 is 2.33 bits per heavy atom. The number of nitrogens with one attached hydrogen (secondary N) is 1. The number of rotatable bonds is 4. The van der Waals surface area contributed by atoms with E-state index < -0.39 is 6.10 Å². The van der Waals surface area contributed by atoms with Crippen molar-refractivity contribution in [2.75, 3.05) is 11.9 Å². The molecule has 1 atom stereocenters. The second kappa shape index (κ2) is 5.59. The number of benzene rings is 1. The van der Waals surface area contributed by atoms with Crippen LogP contribution in [0.1, 0.15) is 12.0 Å². The van der Waals surface area contributed by atoms with Crippen molar-refractivity contribution >= 4 is 17.3 Å². The maximum Gasteiger partial charge on any atom is 0.0842 e. The molecule has 0 fully saturated rings. The lowest BCUT2D eigenvalue weighted by atomic mass is 10.2. The fraction of sp³-hybridized carbons (Fsp3) is 0.364. The maximum atomic E-state index is 9.35. The third kappa shape index (κ3) is 3.43. The van der Waals surface area contributed by atoms with Gasteiger partial charge in [-0.2, -0.15) is 5.26 Å². The van der Waals surface area contributed by atoms with Gasteiger partial charge in [0.25, 0.3) is 0 Å². The van der Waals surface area contributed by atoms with Crippen LogP contribution in [0.25, 0.3) is 0 Å². The highest BCUT2D eigenvalue weighted by atomic mass is 35.5. The standard InChI is InChI=1S/C11H13ClN2O/c1-8-10(12)3-2-4-11(8)14-7-9(15)5-6-13/h2-4,9,14-15H,5,7H2,1H3. The normalized spacial score (nSPS) is 11.9. The molecule has 0 aliphatic rings. The quantitative estimate of drug-likeness (QED) is 0.826. The SMILES string of the molecule is Cc1c(Cl)cccc1NCC(O)CC#N. The Bertz CT molecular complexity index is 373. The summed E-state index contributed by atoms with van der Waals surface area (Å²) in [5.41, 5.74) is 1.84. The fourth-order valence-electron chi connectivity index (χ4n) is 1.20. The van der Waals surface area contributed by atoms with Crippen molar-refractivity contribution in [1.82, 2.24) is 0 Å². The maximum absolute atomic E-state index is 9.35. The Morgan fingerprint density at radius 1 is 1.60 bits per heavy atom. The molecule has 1 unspecified atom stereocenters. The number of aliphatic hydroxyl groups excluding tert-OH is 1. The largest absolute Gasteiger partial charge is 0.390 e. The highest BCUT2D eigenvalue weighted by Crippen LogP contribution is 2.22. The topological polar surface area (TPSA) is 56.0 Å². The van der Waals surface area contributed by atoms with Crippen LogP contribution in [0, 0.1) is 18.3 Å². The zero-order chi connectivity index (χ0) is 11.3. The number of nitriles is 1. The summed E-state index contributed by atoms with van der Waals surface area (Å²) in [5.74, 6) is 0. The molecule has 3 nitrogen and oxygen atoms in total. The first-order valence-electron chi connectivity index (χ1n) is 4.69. The summed E-state index contributed by atoms with van der Waals surface area (Å²) in [6.07, 6.45) is -0.513. The van der Waals surface area contributed by atoms with Crippen LogP contribution in [0.15, 0.2) is 18.2 Å². The highest BCUT2D eigenvalue weighted by molar-refractivity contribution is 6.31. The molecular weight excluding hydrogens is 212 g/mol. The van der Waals surface area contributed by atoms with E-state index in [9.17, 15) is 5.11 Å². The van der Waals surface area contributed by atoms with Gasteiger partial charge in [-0.3, -0.25) is 0 Å². The molecule has 0 aromatic heterocycles. The van der Waals surface area contributed by atoms with Crippen LogP contribution in [0.4, 0.5) is 5.69 Å².